The summed E-state index contributed by atoms with van der Waals surface area (Å²) in [7, 11) is 5.51. The Morgan fingerprint density at radius 1 is 1.19 bits per heavy atom. The molecule has 1 amide bonds. The van der Waals surface area contributed by atoms with Crippen molar-refractivity contribution in [2.45, 2.75) is 71.4 Å². The first-order valence-corrected chi connectivity index (χ1v) is 10.5. The highest BCUT2D eigenvalue weighted by Crippen LogP contribution is 2.33. The second-order valence-corrected chi connectivity index (χ2v) is 9.45. The number of hydrogen-bond acceptors (Lipinski definition) is 3. The van der Waals surface area contributed by atoms with Gasteiger partial charge in [-0.15, -0.1) is 0 Å². The number of carbonyl (C=O) groups excluding carboxylic acids is 1. The van der Waals surface area contributed by atoms with E-state index < -0.39 is 0 Å². The summed E-state index contributed by atoms with van der Waals surface area (Å²) in [5, 5.41) is 7.07. The van der Waals surface area contributed by atoms with Crippen LogP contribution in [0.25, 0.3) is 0 Å². The maximum Gasteiger partial charge on any atom is 0.225 e. The number of carbonyl (C=O) groups is 1. The largest absolute Gasteiger partial charge is 0.377 e. The summed E-state index contributed by atoms with van der Waals surface area (Å²) in [4.78, 5) is 18.4. The minimum atomic E-state index is 0.126. The van der Waals surface area contributed by atoms with Crippen LogP contribution in [0, 0.1) is 17.3 Å². The highest BCUT2D eigenvalue weighted by atomic mass is 16.5. The van der Waals surface area contributed by atoms with Crippen molar-refractivity contribution in [3.05, 3.63) is 0 Å². The zero-order chi connectivity index (χ0) is 20.0. The summed E-state index contributed by atoms with van der Waals surface area (Å²) < 4.78 is 6.09. The Morgan fingerprint density at radius 2 is 1.93 bits per heavy atom. The average molecular weight is 381 g/mol. The molecular weight excluding hydrogens is 340 g/mol. The molecule has 6 heteroatoms. The number of rotatable bonds is 4. The van der Waals surface area contributed by atoms with Crippen molar-refractivity contribution in [3.8, 4) is 0 Å². The zero-order valence-electron chi connectivity index (χ0n) is 18.2. The number of hydrogen-bond donors (Lipinski definition) is 2. The van der Waals surface area contributed by atoms with Gasteiger partial charge >= 0.3 is 0 Å². The van der Waals surface area contributed by atoms with E-state index >= 15 is 0 Å². The number of guanidine groups is 1. The van der Waals surface area contributed by atoms with Crippen LogP contribution in [0.2, 0.25) is 0 Å². The molecule has 1 aliphatic heterocycles. The first kappa shape index (κ1) is 22.0. The van der Waals surface area contributed by atoms with Gasteiger partial charge in [0.15, 0.2) is 5.96 Å². The first-order valence-electron chi connectivity index (χ1n) is 10.5. The van der Waals surface area contributed by atoms with Crippen molar-refractivity contribution >= 4 is 11.9 Å². The maximum atomic E-state index is 12.3. The van der Waals surface area contributed by atoms with Gasteiger partial charge in [-0.2, -0.15) is 0 Å². The van der Waals surface area contributed by atoms with Crippen molar-refractivity contribution in [1.29, 1.82) is 0 Å². The maximum absolute atomic E-state index is 12.3. The minimum Gasteiger partial charge on any atom is -0.377 e. The molecule has 2 aliphatic rings. The van der Waals surface area contributed by atoms with Crippen LogP contribution in [0.1, 0.15) is 59.3 Å². The molecule has 0 bridgehead atoms. The van der Waals surface area contributed by atoms with E-state index in [9.17, 15) is 4.79 Å². The van der Waals surface area contributed by atoms with E-state index in [1.165, 1.54) is 6.42 Å². The van der Waals surface area contributed by atoms with Crippen LogP contribution in [-0.4, -0.2) is 63.2 Å². The van der Waals surface area contributed by atoms with Crippen LogP contribution in [0.3, 0.4) is 0 Å². The molecule has 1 saturated carbocycles. The van der Waals surface area contributed by atoms with Crippen molar-refractivity contribution < 1.29 is 9.53 Å². The number of aliphatic imine (C=N–C) groups is 1. The van der Waals surface area contributed by atoms with Crippen LogP contribution in [0.15, 0.2) is 4.99 Å². The lowest BCUT2D eigenvalue weighted by Crippen LogP contribution is -2.50. The summed E-state index contributed by atoms with van der Waals surface area (Å²) in [6.45, 7) is 8.51. The summed E-state index contributed by atoms with van der Waals surface area (Å²) in [5.41, 5.74) is 0.146. The van der Waals surface area contributed by atoms with Gasteiger partial charge in [-0.05, 0) is 37.5 Å². The predicted octanol–water partition coefficient (Wildman–Crippen LogP) is 2.64. The molecule has 0 spiro atoms. The third-order valence-corrected chi connectivity index (χ3v) is 5.86. The zero-order valence-corrected chi connectivity index (χ0v) is 18.2. The van der Waals surface area contributed by atoms with Crippen LogP contribution in [0.5, 0.6) is 0 Å². The van der Waals surface area contributed by atoms with E-state index in [-0.39, 0.29) is 23.3 Å². The van der Waals surface area contributed by atoms with Gasteiger partial charge in [-0.3, -0.25) is 9.79 Å². The van der Waals surface area contributed by atoms with E-state index in [1.807, 2.05) is 21.1 Å². The quantitative estimate of drug-likeness (QED) is 0.581. The van der Waals surface area contributed by atoms with Gasteiger partial charge in [0.2, 0.25) is 5.91 Å². The predicted molar refractivity (Wildman–Crippen MR) is 111 cm³/mol. The fraction of sp³-hybridized carbons (Fsp3) is 0.905. The molecule has 1 aliphatic carbocycles. The Morgan fingerprint density at radius 3 is 2.56 bits per heavy atom. The van der Waals surface area contributed by atoms with Crippen LogP contribution in [0.4, 0.5) is 0 Å². The molecule has 0 aromatic rings. The third kappa shape index (κ3) is 6.37. The van der Waals surface area contributed by atoms with Gasteiger partial charge < -0.3 is 20.3 Å². The molecule has 0 aromatic carbocycles. The average Bonchev–Trinajstić information content (AvgIpc) is 2.64. The smallest absolute Gasteiger partial charge is 0.225 e. The fourth-order valence-electron chi connectivity index (χ4n) is 4.54. The lowest BCUT2D eigenvalue weighted by atomic mass is 9.78. The monoisotopic (exact) mass is 380 g/mol. The van der Waals surface area contributed by atoms with Crippen LogP contribution >= 0.6 is 0 Å². The standard InChI is InChI=1S/C21H40N4O2/c1-21(2,3)18-16(10-8-12-27-18)14-23-20(22-4)24-17-11-7-9-15(13-17)19(26)25(5)6/h15-18H,7-14H2,1-6H3,(H2,22,23,24). The first-order chi connectivity index (χ1) is 12.7. The molecule has 2 fully saturated rings. The summed E-state index contributed by atoms with van der Waals surface area (Å²) in [6.07, 6.45) is 6.64. The number of nitrogens with zero attached hydrogens (tertiary/aromatic N) is 2. The Hall–Kier alpha value is -1.30. The molecule has 4 unspecified atom stereocenters. The van der Waals surface area contributed by atoms with E-state index in [4.69, 9.17) is 4.74 Å². The normalized spacial score (nSPS) is 29.9. The molecule has 0 radical (unpaired) electrons. The topological polar surface area (TPSA) is 66.0 Å². The molecule has 2 rings (SSSR count). The molecule has 156 valence electrons. The Kier molecular flexibility index (Phi) is 7.95. The molecule has 6 nitrogen and oxygen atoms in total. The Labute approximate surface area is 165 Å². The second-order valence-electron chi connectivity index (χ2n) is 9.45. The molecule has 2 N–H and O–H groups in total. The number of nitrogens with one attached hydrogen (secondary N) is 2. The van der Waals surface area contributed by atoms with Crippen LogP contribution < -0.4 is 10.6 Å². The Balaban J connectivity index is 1.87. The molecule has 0 aromatic heterocycles. The van der Waals surface area contributed by atoms with Crippen molar-refractivity contribution in [1.82, 2.24) is 15.5 Å². The van der Waals surface area contributed by atoms with Gasteiger partial charge in [0.25, 0.3) is 0 Å². The van der Waals surface area contributed by atoms with Gasteiger partial charge in [-0.25, -0.2) is 0 Å². The second kappa shape index (κ2) is 9.76. The molecule has 1 saturated heterocycles. The van der Waals surface area contributed by atoms with Gasteiger partial charge in [-0.1, -0.05) is 27.2 Å². The molecule has 1 heterocycles. The molecular formula is C21H40N4O2. The van der Waals surface area contributed by atoms with E-state index in [0.717, 1.165) is 51.2 Å². The van der Waals surface area contributed by atoms with Gasteiger partial charge in [0, 0.05) is 52.2 Å². The van der Waals surface area contributed by atoms with Gasteiger partial charge in [0.1, 0.15) is 0 Å². The van der Waals surface area contributed by atoms with Crippen LogP contribution in [-0.2, 0) is 9.53 Å². The highest BCUT2D eigenvalue weighted by molar-refractivity contribution is 5.81. The van der Waals surface area contributed by atoms with E-state index in [1.54, 1.807) is 4.90 Å². The minimum absolute atomic E-state index is 0.126. The summed E-state index contributed by atoms with van der Waals surface area (Å²) in [5.74, 6) is 1.71. The fourth-order valence-corrected chi connectivity index (χ4v) is 4.54. The number of ether oxygens (including phenoxy) is 1. The SMILES string of the molecule is CN=C(NCC1CCCOC1C(C)(C)C)NC1CCCC(C(=O)N(C)C)C1. The third-order valence-electron chi connectivity index (χ3n) is 5.86. The van der Waals surface area contributed by atoms with E-state index in [2.05, 4.69) is 36.4 Å². The summed E-state index contributed by atoms with van der Waals surface area (Å²) in [6, 6.07) is 0.305. The lowest BCUT2D eigenvalue weighted by Gasteiger charge is -2.40. The van der Waals surface area contributed by atoms with E-state index in [0.29, 0.717) is 12.0 Å². The Bertz CT molecular complexity index is 513. The lowest BCUT2D eigenvalue weighted by molar-refractivity contribution is -0.134. The van der Waals surface area contributed by atoms with Gasteiger partial charge in [0.05, 0.1) is 6.10 Å². The molecule has 27 heavy (non-hydrogen) atoms. The molecule has 4 atom stereocenters. The van der Waals surface area contributed by atoms with Crippen molar-refractivity contribution in [3.63, 3.8) is 0 Å². The number of amides is 1. The highest BCUT2D eigenvalue weighted by Gasteiger charge is 2.35. The van der Waals surface area contributed by atoms with Crippen molar-refractivity contribution in [2.75, 3.05) is 34.3 Å². The van der Waals surface area contributed by atoms with Crippen molar-refractivity contribution in [2.24, 2.45) is 22.2 Å². The summed E-state index contributed by atoms with van der Waals surface area (Å²) >= 11 is 0.